The third kappa shape index (κ3) is 5.38. The van der Waals surface area contributed by atoms with E-state index in [0.717, 1.165) is 33.3 Å². The molecule has 0 saturated carbocycles. The van der Waals surface area contributed by atoms with E-state index in [1.54, 1.807) is 6.20 Å². The molecule has 7 heteroatoms. The van der Waals surface area contributed by atoms with Gasteiger partial charge in [0.25, 0.3) is 0 Å². The molecule has 5 rings (SSSR count). The van der Waals surface area contributed by atoms with E-state index in [-0.39, 0.29) is 24.3 Å². The zero-order valence-corrected chi connectivity index (χ0v) is 26.2. The summed E-state index contributed by atoms with van der Waals surface area (Å²) in [5.41, 5.74) is 5.75. The van der Waals surface area contributed by atoms with Crippen LogP contribution in [-0.2, 0) is 13.0 Å². The van der Waals surface area contributed by atoms with Crippen molar-refractivity contribution in [3.63, 3.8) is 0 Å². The summed E-state index contributed by atoms with van der Waals surface area (Å²) in [5.74, 6) is -1.20. The van der Waals surface area contributed by atoms with Crippen LogP contribution in [0.5, 0.6) is 5.75 Å². The summed E-state index contributed by atoms with van der Waals surface area (Å²) in [7, 11) is -2.22. The number of halogens is 2. The van der Waals surface area contributed by atoms with Crippen molar-refractivity contribution in [3.8, 4) is 16.9 Å². The summed E-state index contributed by atoms with van der Waals surface area (Å²) in [6.45, 7) is 14.0. The lowest BCUT2D eigenvalue weighted by atomic mass is 10.0. The maximum absolute atomic E-state index is 15.9. The molecule has 0 amide bonds. The van der Waals surface area contributed by atoms with E-state index in [1.165, 1.54) is 12.1 Å². The fourth-order valence-electron chi connectivity index (χ4n) is 6.91. The Balaban J connectivity index is 1.65. The maximum Gasteiger partial charge on any atom is 0.171 e. The van der Waals surface area contributed by atoms with E-state index in [1.807, 2.05) is 54.9 Å². The summed E-state index contributed by atoms with van der Waals surface area (Å²) in [5, 5.41) is 0.907. The summed E-state index contributed by atoms with van der Waals surface area (Å²) in [4.78, 5) is 9.29. The predicted octanol–water partition coefficient (Wildman–Crippen LogP) is 9.57. The van der Waals surface area contributed by atoms with Crippen LogP contribution in [0.25, 0.3) is 22.2 Å². The average molecular weight is 584 g/mol. The van der Waals surface area contributed by atoms with E-state index in [0.29, 0.717) is 16.6 Å². The van der Waals surface area contributed by atoms with Gasteiger partial charge in [-0.25, -0.2) is 13.8 Å². The zero-order chi connectivity index (χ0) is 30.0. The summed E-state index contributed by atoms with van der Waals surface area (Å²) >= 11 is 0. The molecule has 4 nitrogen and oxygen atoms in total. The lowest BCUT2D eigenvalue weighted by Gasteiger charge is -2.44. The second kappa shape index (κ2) is 12.2. The lowest BCUT2D eigenvalue weighted by Crippen LogP contribution is -2.51. The molecule has 3 aromatic heterocycles. The van der Waals surface area contributed by atoms with Gasteiger partial charge in [-0.3, -0.25) is 4.98 Å². The Bertz CT molecular complexity index is 1650. The van der Waals surface area contributed by atoms with Gasteiger partial charge in [-0.05, 0) is 52.0 Å². The van der Waals surface area contributed by atoms with Crippen LogP contribution in [0.15, 0.2) is 85.5 Å². The predicted molar refractivity (Wildman–Crippen MR) is 169 cm³/mol. The van der Waals surface area contributed by atoms with Gasteiger partial charge < -0.3 is 8.97 Å². The van der Waals surface area contributed by atoms with Gasteiger partial charge in [-0.2, -0.15) is 0 Å². The molecule has 0 fully saturated rings. The number of aromatic nitrogens is 3. The van der Waals surface area contributed by atoms with Gasteiger partial charge in [0.2, 0.25) is 0 Å². The summed E-state index contributed by atoms with van der Waals surface area (Å²) < 4.78 is 39.5. The molecule has 0 radical (unpaired) electrons. The summed E-state index contributed by atoms with van der Waals surface area (Å²) in [6, 6.07) is 18.2. The average Bonchev–Trinajstić information content (AvgIpc) is 3.33. The van der Waals surface area contributed by atoms with Gasteiger partial charge in [0.05, 0.1) is 0 Å². The molecule has 2 aromatic carbocycles. The molecule has 0 spiro atoms. The second-order valence-electron chi connectivity index (χ2n) is 12.0. The molecule has 218 valence electrons. The topological polar surface area (TPSA) is 39.9 Å². The number of fused-ring (bicyclic) bond motifs is 1. The molecule has 0 aliphatic rings. The Morgan fingerprint density at radius 1 is 0.833 bits per heavy atom. The Hall–Kier alpha value is -3.84. The number of ether oxygens (including phenoxy) is 1. The van der Waals surface area contributed by atoms with Gasteiger partial charge >= 0.3 is 0 Å². The Morgan fingerprint density at radius 3 is 2.19 bits per heavy atom. The van der Waals surface area contributed by atoms with E-state index in [2.05, 4.69) is 63.0 Å². The van der Waals surface area contributed by atoms with Gasteiger partial charge in [0, 0.05) is 53.3 Å². The van der Waals surface area contributed by atoms with E-state index in [4.69, 9.17) is 9.72 Å². The van der Waals surface area contributed by atoms with Crippen molar-refractivity contribution >= 4 is 19.3 Å². The fourth-order valence-corrected chi connectivity index (χ4v) is 13.5. The largest absolute Gasteiger partial charge is 0.486 e. The number of benzene rings is 2. The SMILES string of the molecule is CC(C)[Si](C(C)C)(C(C)C)n1cc(Cc2c(F)ccc(OCc3ccccc3)c2F)c2cc(-c3cccnc3)cnc21. The van der Waals surface area contributed by atoms with E-state index < -0.39 is 19.9 Å². The molecule has 0 N–H and O–H groups in total. The standard InChI is InChI=1S/C35H39F2N3OSi/c1-23(2)42(24(3)4,25(5)6)40-21-29(30-17-28(20-39-35(30)40)27-13-10-16-38-19-27)18-31-32(36)14-15-33(34(31)37)41-22-26-11-8-7-9-12-26/h7-17,19-21,23-25H,18,22H2,1-6H3. The highest BCUT2D eigenvalue weighted by Gasteiger charge is 2.46. The van der Waals surface area contributed by atoms with Crippen LogP contribution in [0.4, 0.5) is 8.78 Å². The van der Waals surface area contributed by atoms with Gasteiger partial charge in [0.1, 0.15) is 18.1 Å². The minimum atomic E-state index is -2.22. The fraction of sp³-hybridized carbons (Fsp3) is 0.314. The number of hydrogen-bond donors (Lipinski definition) is 0. The Morgan fingerprint density at radius 2 is 1.55 bits per heavy atom. The van der Waals surface area contributed by atoms with Crippen LogP contribution in [0.1, 0.15) is 58.2 Å². The molecule has 42 heavy (non-hydrogen) atoms. The van der Waals surface area contributed by atoms with Crippen LogP contribution in [-0.4, -0.2) is 22.4 Å². The molecular weight excluding hydrogens is 544 g/mol. The van der Waals surface area contributed by atoms with Crippen molar-refractivity contribution in [2.75, 3.05) is 0 Å². The quantitative estimate of drug-likeness (QED) is 0.154. The third-order valence-electron chi connectivity index (χ3n) is 8.67. The van der Waals surface area contributed by atoms with Crippen molar-refractivity contribution in [3.05, 3.63) is 114 Å². The minimum absolute atomic E-state index is 0.00250. The maximum atomic E-state index is 15.9. The Labute approximate surface area is 248 Å². The highest BCUT2D eigenvalue weighted by Crippen LogP contribution is 2.45. The molecule has 0 atom stereocenters. The highest BCUT2D eigenvalue weighted by molar-refractivity contribution is 6.82. The highest BCUT2D eigenvalue weighted by atomic mass is 28.3. The van der Waals surface area contributed by atoms with Crippen LogP contribution >= 0.6 is 0 Å². The molecule has 0 saturated heterocycles. The summed E-state index contributed by atoms with van der Waals surface area (Å²) in [6.07, 6.45) is 7.65. The van der Waals surface area contributed by atoms with Crippen molar-refractivity contribution in [1.82, 2.24) is 14.2 Å². The van der Waals surface area contributed by atoms with E-state index in [9.17, 15) is 0 Å². The first-order valence-electron chi connectivity index (χ1n) is 14.7. The van der Waals surface area contributed by atoms with Gasteiger partial charge in [-0.15, -0.1) is 0 Å². The molecule has 0 bridgehead atoms. The molecule has 0 aliphatic carbocycles. The van der Waals surface area contributed by atoms with Crippen LogP contribution in [0.3, 0.4) is 0 Å². The van der Waals surface area contributed by atoms with Crippen molar-refractivity contribution in [1.29, 1.82) is 0 Å². The van der Waals surface area contributed by atoms with Crippen molar-refractivity contribution < 1.29 is 13.5 Å². The van der Waals surface area contributed by atoms with Crippen LogP contribution in [0.2, 0.25) is 16.6 Å². The monoisotopic (exact) mass is 583 g/mol. The molecule has 0 aliphatic heterocycles. The third-order valence-corrected chi connectivity index (χ3v) is 15.4. The molecule has 3 heterocycles. The molecule has 5 aromatic rings. The smallest absolute Gasteiger partial charge is 0.171 e. The van der Waals surface area contributed by atoms with Gasteiger partial charge in [-0.1, -0.05) is 77.9 Å². The van der Waals surface area contributed by atoms with E-state index >= 15 is 8.78 Å². The van der Waals surface area contributed by atoms with Crippen LogP contribution in [0, 0.1) is 11.6 Å². The number of rotatable bonds is 10. The first-order valence-corrected chi connectivity index (χ1v) is 16.9. The molecule has 0 unspecified atom stereocenters. The number of nitrogens with zero attached hydrogens (tertiary/aromatic N) is 3. The van der Waals surface area contributed by atoms with Crippen LogP contribution < -0.4 is 4.74 Å². The Kier molecular flexibility index (Phi) is 8.59. The number of pyridine rings is 2. The lowest BCUT2D eigenvalue weighted by molar-refractivity contribution is 0.288. The second-order valence-corrected chi connectivity index (χ2v) is 17.7. The minimum Gasteiger partial charge on any atom is -0.486 e. The zero-order valence-electron chi connectivity index (χ0n) is 25.2. The first-order chi connectivity index (χ1) is 20.1. The van der Waals surface area contributed by atoms with Crippen molar-refractivity contribution in [2.45, 2.75) is 71.2 Å². The first kappa shape index (κ1) is 29.6. The van der Waals surface area contributed by atoms with Gasteiger partial charge in [0.15, 0.2) is 19.8 Å². The molecular formula is C35H39F2N3OSi. The number of hydrogen-bond acceptors (Lipinski definition) is 3. The van der Waals surface area contributed by atoms with Crippen molar-refractivity contribution in [2.24, 2.45) is 0 Å². The normalized spacial score (nSPS) is 12.2.